The van der Waals surface area contributed by atoms with Crippen LogP contribution >= 0.6 is 0 Å². The average molecular weight is 535 g/mol. The van der Waals surface area contributed by atoms with Crippen molar-refractivity contribution >= 4 is 11.6 Å². The Morgan fingerprint density at radius 1 is 0.625 bits per heavy atom. The van der Waals surface area contributed by atoms with Crippen LogP contribution in [0.1, 0.15) is 71.2 Å². The van der Waals surface area contributed by atoms with Crippen molar-refractivity contribution in [1.82, 2.24) is 0 Å². The monoisotopic (exact) mass is 534 g/mol. The number of carbonyl (C=O) groups excluding carboxylic acids is 2. The van der Waals surface area contributed by atoms with E-state index >= 15 is 0 Å². The summed E-state index contributed by atoms with van der Waals surface area (Å²) < 4.78 is 13.1. The number of benzene rings is 4. The first kappa shape index (κ1) is 29.1. The van der Waals surface area contributed by atoms with Crippen LogP contribution in [0.5, 0.6) is 0 Å². The lowest BCUT2D eigenvalue weighted by molar-refractivity contribution is -0.0188. The molecule has 2 atom stereocenters. The zero-order chi connectivity index (χ0) is 28.5. The van der Waals surface area contributed by atoms with Crippen LogP contribution in [0.3, 0.4) is 0 Å². The Kier molecular flexibility index (Phi) is 9.81. The van der Waals surface area contributed by atoms with Crippen LogP contribution in [0.4, 0.5) is 0 Å². The molecule has 0 aliphatic heterocycles. The number of carbonyl (C=O) groups is 2. The van der Waals surface area contributed by atoms with E-state index in [2.05, 4.69) is 27.7 Å². The van der Waals surface area contributed by atoms with Crippen molar-refractivity contribution in [2.24, 2.45) is 11.8 Å². The Labute approximate surface area is 238 Å². The molecule has 0 aliphatic carbocycles. The molecule has 0 saturated heterocycles. The quantitative estimate of drug-likeness (QED) is 0.163. The van der Waals surface area contributed by atoms with Crippen LogP contribution in [0.15, 0.2) is 115 Å². The van der Waals surface area contributed by atoms with Crippen LogP contribution < -0.4 is 0 Å². The van der Waals surface area contributed by atoms with Gasteiger partial charge in [-0.15, -0.1) is 0 Å². The van der Waals surface area contributed by atoms with Crippen molar-refractivity contribution in [2.75, 3.05) is 13.2 Å². The summed E-state index contributed by atoms with van der Waals surface area (Å²) in [6, 6.07) is 35.5. The standard InChI is InChI=1S/C36H38O4/c1-26(2)24-39-34(33(37)28-16-8-5-9-17-28)31-22-14-15-23-32(31)36(40-25-27(3)4,30-20-12-7-13-21-30)35(38)29-18-10-6-11-19-29/h5-23,26-27,34H,24-25H2,1-4H3. The molecule has 0 fully saturated rings. The highest BCUT2D eigenvalue weighted by molar-refractivity contribution is 6.06. The minimum atomic E-state index is -1.50. The van der Waals surface area contributed by atoms with Crippen molar-refractivity contribution < 1.29 is 19.1 Å². The predicted molar refractivity (Wildman–Crippen MR) is 160 cm³/mol. The van der Waals surface area contributed by atoms with Crippen LogP contribution in [-0.4, -0.2) is 24.8 Å². The summed E-state index contributed by atoms with van der Waals surface area (Å²) in [5.41, 5.74) is 1.50. The van der Waals surface area contributed by atoms with Gasteiger partial charge in [0.25, 0.3) is 0 Å². The molecular formula is C36H38O4. The van der Waals surface area contributed by atoms with Crippen LogP contribution in [0.25, 0.3) is 0 Å². The van der Waals surface area contributed by atoms with Gasteiger partial charge in [0.15, 0.2) is 11.4 Å². The van der Waals surface area contributed by atoms with Gasteiger partial charge in [0.1, 0.15) is 6.10 Å². The third kappa shape index (κ3) is 6.47. The van der Waals surface area contributed by atoms with Gasteiger partial charge < -0.3 is 9.47 Å². The maximum absolute atomic E-state index is 14.7. The molecule has 0 N–H and O–H groups in total. The van der Waals surface area contributed by atoms with Gasteiger partial charge in [-0.3, -0.25) is 9.59 Å². The van der Waals surface area contributed by atoms with E-state index in [0.717, 1.165) is 0 Å². The summed E-state index contributed by atoms with van der Waals surface area (Å²) >= 11 is 0. The molecule has 4 aromatic rings. The molecule has 206 valence electrons. The van der Waals surface area contributed by atoms with Gasteiger partial charge in [-0.25, -0.2) is 0 Å². The van der Waals surface area contributed by atoms with Crippen molar-refractivity contribution in [3.05, 3.63) is 143 Å². The lowest BCUT2D eigenvalue weighted by Gasteiger charge is -2.37. The normalized spacial score (nSPS) is 13.7. The molecule has 4 heteroatoms. The minimum Gasteiger partial charge on any atom is -0.365 e. The number of ketones is 2. The third-order valence-electron chi connectivity index (χ3n) is 6.68. The van der Waals surface area contributed by atoms with Crippen LogP contribution in [-0.2, 0) is 15.1 Å². The molecule has 0 amide bonds. The predicted octanol–water partition coefficient (Wildman–Crippen LogP) is 8.08. The maximum Gasteiger partial charge on any atom is 0.203 e. The topological polar surface area (TPSA) is 52.6 Å². The van der Waals surface area contributed by atoms with E-state index in [-0.39, 0.29) is 23.4 Å². The molecule has 0 saturated carbocycles. The van der Waals surface area contributed by atoms with Crippen LogP contribution in [0.2, 0.25) is 0 Å². The van der Waals surface area contributed by atoms with Gasteiger partial charge in [0, 0.05) is 16.7 Å². The van der Waals surface area contributed by atoms with Gasteiger partial charge in [0.2, 0.25) is 5.78 Å². The van der Waals surface area contributed by atoms with Gasteiger partial charge in [-0.05, 0) is 23.0 Å². The highest BCUT2D eigenvalue weighted by atomic mass is 16.5. The van der Waals surface area contributed by atoms with E-state index in [1.807, 2.05) is 103 Å². The Balaban J connectivity index is 2.00. The average Bonchev–Trinajstić information content (AvgIpc) is 2.99. The molecule has 2 unspecified atom stereocenters. The second-order valence-electron chi connectivity index (χ2n) is 10.9. The summed E-state index contributed by atoms with van der Waals surface area (Å²) in [5.74, 6) is 0.0203. The first-order valence-corrected chi connectivity index (χ1v) is 13.9. The summed E-state index contributed by atoms with van der Waals surface area (Å²) in [6.07, 6.45) is -0.921. The van der Waals surface area contributed by atoms with Crippen molar-refractivity contribution in [3.63, 3.8) is 0 Å². The Bertz CT molecular complexity index is 1380. The van der Waals surface area contributed by atoms with Crippen LogP contribution in [0, 0.1) is 11.8 Å². The molecule has 4 aromatic carbocycles. The second kappa shape index (κ2) is 13.5. The zero-order valence-corrected chi connectivity index (χ0v) is 23.7. The number of Topliss-reactive ketones (excluding diaryl/α,β-unsaturated/α-hetero) is 2. The lowest BCUT2D eigenvalue weighted by Crippen LogP contribution is -2.42. The van der Waals surface area contributed by atoms with E-state index in [9.17, 15) is 9.59 Å². The Morgan fingerprint density at radius 3 is 1.70 bits per heavy atom. The highest BCUT2D eigenvalue weighted by Gasteiger charge is 2.46. The summed E-state index contributed by atoms with van der Waals surface area (Å²) in [5, 5.41) is 0. The van der Waals surface area contributed by atoms with Gasteiger partial charge >= 0.3 is 0 Å². The summed E-state index contributed by atoms with van der Waals surface area (Å²) in [4.78, 5) is 28.7. The number of hydrogen-bond donors (Lipinski definition) is 0. The lowest BCUT2D eigenvalue weighted by atomic mass is 9.76. The largest absolute Gasteiger partial charge is 0.365 e. The fraction of sp³-hybridized carbons (Fsp3) is 0.278. The zero-order valence-electron chi connectivity index (χ0n) is 23.7. The van der Waals surface area contributed by atoms with Gasteiger partial charge in [0.05, 0.1) is 13.2 Å². The molecule has 0 aliphatic rings. The van der Waals surface area contributed by atoms with E-state index in [0.29, 0.717) is 41.0 Å². The SMILES string of the molecule is CC(C)COC(C(=O)c1ccccc1)c1ccccc1C(OCC(C)C)(C(=O)c1ccccc1)c1ccccc1. The van der Waals surface area contributed by atoms with E-state index < -0.39 is 11.7 Å². The Hall–Kier alpha value is -3.86. The molecule has 0 aromatic heterocycles. The highest BCUT2D eigenvalue weighted by Crippen LogP contribution is 2.42. The molecule has 4 rings (SSSR count). The van der Waals surface area contributed by atoms with Crippen molar-refractivity contribution in [2.45, 2.75) is 39.4 Å². The van der Waals surface area contributed by atoms with E-state index in [1.54, 1.807) is 12.1 Å². The minimum absolute atomic E-state index is 0.160. The fourth-order valence-corrected chi connectivity index (χ4v) is 4.79. The number of rotatable bonds is 13. The maximum atomic E-state index is 14.7. The Morgan fingerprint density at radius 2 is 1.12 bits per heavy atom. The number of ether oxygens (including phenoxy) is 2. The first-order valence-electron chi connectivity index (χ1n) is 13.9. The first-order chi connectivity index (χ1) is 19.3. The van der Waals surface area contributed by atoms with Crippen molar-refractivity contribution in [3.8, 4) is 0 Å². The van der Waals surface area contributed by atoms with Gasteiger partial charge in [-0.2, -0.15) is 0 Å². The second-order valence-corrected chi connectivity index (χ2v) is 10.9. The molecule has 0 radical (unpaired) electrons. The molecule has 40 heavy (non-hydrogen) atoms. The van der Waals surface area contributed by atoms with E-state index in [4.69, 9.17) is 9.47 Å². The molecule has 4 nitrogen and oxygen atoms in total. The molecule has 0 bridgehead atoms. The van der Waals surface area contributed by atoms with E-state index in [1.165, 1.54) is 0 Å². The summed E-state index contributed by atoms with van der Waals surface area (Å²) in [7, 11) is 0. The smallest absolute Gasteiger partial charge is 0.203 e. The molecule has 0 spiro atoms. The van der Waals surface area contributed by atoms with Crippen molar-refractivity contribution in [1.29, 1.82) is 0 Å². The summed E-state index contributed by atoms with van der Waals surface area (Å²) in [6.45, 7) is 8.94. The van der Waals surface area contributed by atoms with Gasteiger partial charge in [-0.1, -0.05) is 143 Å². The molecule has 0 heterocycles. The third-order valence-corrected chi connectivity index (χ3v) is 6.68. The number of hydrogen-bond acceptors (Lipinski definition) is 4. The molecular weight excluding hydrogens is 496 g/mol. The fourth-order valence-electron chi connectivity index (χ4n) is 4.79.